The molecule has 1 aromatic heterocycles. The third kappa shape index (κ3) is 4.49. The molecule has 2 N–H and O–H groups in total. The van der Waals surface area contributed by atoms with Gasteiger partial charge in [0.05, 0.1) is 17.7 Å². The molecule has 0 aliphatic heterocycles. The summed E-state index contributed by atoms with van der Waals surface area (Å²) >= 11 is 0. The number of nitrogens with zero attached hydrogens (tertiary/aromatic N) is 3. The summed E-state index contributed by atoms with van der Waals surface area (Å²) in [6.45, 7) is 0.510. The van der Waals surface area contributed by atoms with Gasteiger partial charge in [-0.05, 0) is 24.1 Å². The van der Waals surface area contributed by atoms with Crippen LogP contribution in [0.5, 0.6) is 5.75 Å². The van der Waals surface area contributed by atoms with Crippen LogP contribution in [0.4, 0.5) is 23.0 Å². The minimum absolute atomic E-state index is 0.0988. The van der Waals surface area contributed by atoms with E-state index in [0.717, 1.165) is 12.0 Å². The molecule has 0 bridgehead atoms. The molecule has 0 amide bonds. The van der Waals surface area contributed by atoms with Gasteiger partial charge in [-0.1, -0.05) is 42.5 Å². The molecule has 3 rings (SSSR count). The second kappa shape index (κ2) is 8.61. The van der Waals surface area contributed by atoms with E-state index >= 15 is 0 Å². The van der Waals surface area contributed by atoms with E-state index in [1.54, 1.807) is 18.2 Å². The van der Waals surface area contributed by atoms with Crippen LogP contribution in [-0.2, 0) is 6.42 Å². The molecule has 0 saturated heterocycles. The molecule has 0 atom stereocenters. The van der Waals surface area contributed by atoms with Gasteiger partial charge in [0, 0.05) is 6.54 Å². The second-order valence-electron chi connectivity index (χ2n) is 5.66. The van der Waals surface area contributed by atoms with Crippen molar-refractivity contribution >= 4 is 23.0 Å². The highest BCUT2D eigenvalue weighted by Gasteiger charge is 2.23. The van der Waals surface area contributed by atoms with Gasteiger partial charge in [0.2, 0.25) is 11.6 Å². The average Bonchev–Trinajstić information content (AvgIpc) is 2.69. The van der Waals surface area contributed by atoms with Gasteiger partial charge < -0.3 is 15.4 Å². The Labute approximate surface area is 156 Å². The monoisotopic (exact) mass is 365 g/mol. The molecule has 0 radical (unpaired) electrons. The average molecular weight is 365 g/mol. The van der Waals surface area contributed by atoms with Crippen molar-refractivity contribution < 1.29 is 9.66 Å². The zero-order valence-electron chi connectivity index (χ0n) is 14.8. The van der Waals surface area contributed by atoms with E-state index in [1.165, 1.54) is 13.4 Å². The summed E-state index contributed by atoms with van der Waals surface area (Å²) in [4.78, 5) is 19.2. The maximum atomic E-state index is 11.6. The predicted molar refractivity (Wildman–Crippen MR) is 104 cm³/mol. The highest BCUT2D eigenvalue weighted by molar-refractivity contribution is 5.75. The van der Waals surface area contributed by atoms with Gasteiger partial charge >= 0.3 is 5.69 Å². The van der Waals surface area contributed by atoms with Gasteiger partial charge in [-0.3, -0.25) is 10.1 Å². The quantitative estimate of drug-likeness (QED) is 0.462. The number of hydrogen-bond acceptors (Lipinski definition) is 7. The van der Waals surface area contributed by atoms with E-state index in [0.29, 0.717) is 18.0 Å². The van der Waals surface area contributed by atoms with E-state index in [1.807, 2.05) is 36.4 Å². The van der Waals surface area contributed by atoms with E-state index < -0.39 is 4.92 Å². The summed E-state index contributed by atoms with van der Waals surface area (Å²) in [7, 11) is 1.53. The highest BCUT2D eigenvalue weighted by atomic mass is 16.6. The van der Waals surface area contributed by atoms with Crippen LogP contribution in [0.1, 0.15) is 5.56 Å². The van der Waals surface area contributed by atoms with Gasteiger partial charge in [0.15, 0.2) is 0 Å². The Kier molecular flexibility index (Phi) is 5.78. The molecule has 1 heterocycles. The Morgan fingerprint density at radius 1 is 1.04 bits per heavy atom. The fourth-order valence-electron chi connectivity index (χ4n) is 2.62. The number of hydrogen-bond donors (Lipinski definition) is 2. The molecule has 0 saturated carbocycles. The number of nitrogens with one attached hydrogen (secondary N) is 2. The van der Waals surface area contributed by atoms with Crippen LogP contribution in [0, 0.1) is 10.1 Å². The number of nitro groups is 1. The third-order valence-electron chi connectivity index (χ3n) is 3.91. The Morgan fingerprint density at radius 3 is 2.48 bits per heavy atom. The first-order chi connectivity index (χ1) is 13.2. The number of para-hydroxylation sites is 2. The zero-order valence-corrected chi connectivity index (χ0v) is 14.8. The number of anilines is 3. The molecule has 0 aliphatic rings. The minimum Gasteiger partial charge on any atom is -0.495 e. The van der Waals surface area contributed by atoms with Crippen LogP contribution >= 0.6 is 0 Å². The lowest BCUT2D eigenvalue weighted by Gasteiger charge is -2.12. The smallest absolute Gasteiger partial charge is 0.353 e. The summed E-state index contributed by atoms with van der Waals surface area (Å²) < 4.78 is 5.27. The molecule has 3 aromatic rings. The number of ether oxygens (including phenoxy) is 1. The topological polar surface area (TPSA) is 102 Å². The molecule has 8 heteroatoms. The number of aromatic nitrogens is 2. The van der Waals surface area contributed by atoms with Crippen LogP contribution < -0.4 is 15.4 Å². The maximum Gasteiger partial charge on any atom is 0.353 e. The van der Waals surface area contributed by atoms with Crippen molar-refractivity contribution in [2.24, 2.45) is 0 Å². The van der Waals surface area contributed by atoms with Gasteiger partial charge in [-0.15, -0.1) is 0 Å². The maximum absolute atomic E-state index is 11.6. The molecule has 0 aliphatic carbocycles. The van der Waals surface area contributed by atoms with Gasteiger partial charge in [0.1, 0.15) is 12.1 Å². The fraction of sp³-hybridized carbons (Fsp3) is 0.158. The number of rotatable bonds is 8. The normalized spacial score (nSPS) is 10.3. The second-order valence-corrected chi connectivity index (χ2v) is 5.66. The predicted octanol–water partition coefficient (Wildman–Crippen LogP) is 3.79. The van der Waals surface area contributed by atoms with Gasteiger partial charge in [0.25, 0.3) is 0 Å². The highest BCUT2D eigenvalue weighted by Crippen LogP contribution is 2.34. The van der Waals surface area contributed by atoms with Crippen LogP contribution in [0.2, 0.25) is 0 Å². The first-order valence-electron chi connectivity index (χ1n) is 8.36. The lowest BCUT2D eigenvalue weighted by molar-refractivity contribution is -0.383. The molecule has 27 heavy (non-hydrogen) atoms. The molecule has 8 nitrogen and oxygen atoms in total. The summed E-state index contributed by atoms with van der Waals surface area (Å²) in [5.41, 5.74) is 1.50. The summed E-state index contributed by atoms with van der Waals surface area (Å²) in [5.74, 6) is 0.828. The largest absolute Gasteiger partial charge is 0.495 e. The van der Waals surface area contributed by atoms with Gasteiger partial charge in [-0.2, -0.15) is 0 Å². The van der Waals surface area contributed by atoms with E-state index in [2.05, 4.69) is 20.6 Å². The number of methoxy groups -OCH3 is 1. The molecule has 0 unspecified atom stereocenters. The molecule has 0 fully saturated rings. The Balaban J connectivity index is 1.81. The Bertz CT molecular complexity index is 918. The van der Waals surface area contributed by atoms with Crippen molar-refractivity contribution in [3.05, 3.63) is 76.6 Å². The van der Waals surface area contributed by atoms with Crippen molar-refractivity contribution in [3.8, 4) is 5.75 Å². The lowest BCUT2D eigenvalue weighted by Crippen LogP contribution is -2.11. The van der Waals surface area contributed by atoms with Crippen LogP contribution in [0.3, 0.4) is 0 Å². The molecule has 0 spiro atoms. The Hall–Kier alpha value is -3.68. The molecular formula is C19H19N5O3. The third-order valence-corrected chi connectivity index (χ3v) is 3.91. The minimum atomic E-state index is -0.497. The Morgan fingerprint density at radius 2 is 1.74 bits per heavy atom. The van der Waals surface area contributed by atoms with Crippen LogP contribution in [0.25, 0.3) is 0 Å². The summed E-state index contributed by atoms with van der Waals surface area (Å²) in [6, 6.07) is 17.0. The first-order valence-corrected chi connectivity index (χ1v) is 8.36. The molecule has 138 valence electrons. The van der Waals surface area contributed by atoms with Crippen LogP contribution in [0.15, 0.2) is 60.9 Å². The van der Waals surface area contributed by atoms with Crippen LogP contribution in [-0.4, -0.2) is 28.5 Å². The number of benzene rings is 2. The zero-order chi connectivity index (χ0) is 19.1. The van der Waals surface area contributed by atoms with E-state index in [9.17, 15) is 10.1 Å². The lowest BCUT2D eigenvalue weighted by atomic mass is 10.1. The van der Waals surface area contributed by atoms with E-state index in [-0.39, 0.29) is 17.3 Å². The van der Waals surface area contributed by atoms with Crippen molar-refractivity contribution in [2.75, 3.05) is 24.3 Å². The SMILES string of the molecule is COc1ccccc1Nc1ncnc(NCCc2ccccc2)c1[N+](=O)[O-]. The fourth-order valence-corrected chi connectivity index (χ4v) is 2.62. The van der Waals surface area contributed by atoms with Crippen molar-refractivity contribution in [2.45, 2.75) is 6.42 Å². The summed E-state index contributed by atoms with van der Waals surface area (Å²) in [6.07, 6.45) is 2.01. The molecular weight excluding hydrogens is 346 g/mol. The first kappa shape index (κ1) is 18.1. The van der Waals surface area contributed by atoms with Crippen molar-refractivity contribution in [1.29, 1.82) is 0 Å². The molecule has 2 aromatic carbocycles. The summed E-state index contributed by atoms with van der Waals surface area (Å²) in [5, 5.41) is 17.6. The van der Waals surface area contributed by atoms with Crippen molar-refractivity contribution in [1.82, 2.24) is 9.97 Å². The van der Waals surface area contributed by atoms with E-state index in [4.69, 9.17) is 4.74 Å². The van der Waals surface area contributed by atoms with Crippen molar-refractivity contribution in [3.63, 3.8) is 0 Å². The standard InChI is InChI=1S/C19H19N5O3/c1-27-16-10-6-5-9-15(16)23-19-17(24(25)26)18(21-13-22-19)20-12-11-14-7-3-2-4-8-14/h2-10,13H,11-12H2,1H3,(H2,20,21,22,23). The van der Waals surface area contributed by atoms with Gasteiger partial charge in [-0.25, -0.2) is 9.97 Å².